The summed E-state index contributed by atoms with van der Waals surface area (Å²) in [5.41, 5.74) is 9.74. The highest BCUT2D eigenvalue weighted by molar-refractivity contribution is 5.88. The zero-order valence-corrected chi connectivity index (χ0v) is 19.0. The molecule has 0 saturated heterocycles. The molecular formula is C24H31N9. The van der Waals surface area contributed by atoms with Crippen molar-refractivity contribution in [3.05, 3.63) is 30.6 Å². The molecular weight excluding hydrogens is 414 g/mol. The van der Waals surface area contributed by atoms with E-state index in [0.717, 1.165) is 59.6 Å². The summed E-state index contributed by atoms with van der Waals surface area (Å²) < 4.78 is 2.25. The van der Waals surface area contributed by atoms with Gasteiger partial charge in [-0.15, -0.1) is 0 Å². The number of aromatic nitrogens is 6. The van der Waals surface area contributed by atoms with Crippen LogP contribution in [0.5, 0.6) is 0 Å². The first-order chi connectivity index (χ1) is 16.2. The van der Waals surface area contributed by atoms with Gasteiger partial charge in [-0.3, -0.25) is 4.90 Å². The van der Waals surface area contributed by atoms with Crippen LogP contribution in [0.15, 0.2) is 30.6 Å². The van der Waals surface area contributed by atoms with Crippen LogP contribution in [0, 0.1) is 0 Å². The lowest BCUT2D eigenvalue weighted by molar-refractivity contribution is 0.410. The van der Waals surface area contributed by atoms with Crippen molar-refractivity contribution in [1.29, 1.82) is 0 Å². The molecule has 2 fully saturated rings. The SMILES string of the molecule is CN(c1nc2ccccc2[nH]1)c1nc(N[C@H]2CC[C@H](N)CC2)nc2c1ncn2C1CCCC1. The minimum Gasteiger partial charge on any atom is -0.351 e. The molecule has 0 bridgehead atoms. The van der Waals surface area contributed by atoms with Gasteiger partial charge >= 0.3 is 0 Å². The van der Waals surface area contributed by atoms with Gasteiger partial charge in [0.05, 0.1) is 17.4 Å². The zero-order chi connectivity index (χ0) is 22.4. The highest BCUT2D eigenvalue weighted by atomic mass is 15.3. The van der Waals surface area contributed by atoms with Crippen molar-refractivity contribution in [2.75, 3.05) is 17.3 Å². The van der Waals surface area contributed by atoms with Crippen molar-refractivity contribution in [2.24, 2.45) is 5.73 Å². The summed E-state index contributed by atoms with van der Waals surface area (Å²) in [7, 11) is 1.98. The van der Waals surface area contributed by atoms with Crippen LogP contribution >= 0.6 is 0 Å². The van der Waals surface area contributed by atoms with E-state index in [4.69, 9.17) is 25.7 Å². The standard InChI is InChI=1S/C24H31N9/c1-32(24-28-18-8-4-5-9-19(18)29-24)21-20-22(33(14-26-20)17-6-2-3-7-17)31-23(30-21)27-16-12-10-15(25)11-13-16/h4-5,8-9,14-17H,2-3,6-7,10-13,25H2,1H3,(H,28,29)(H,27,30,31)/t15-,16-. The van der Waals surface area contributed by atoms with Gasteiger partial charge < -0.3 is 20.6 Å². The number of anilines is 3. The van der Waals surface area contributed by atoms with Gasteiger partial charge in [-0.2, -0.15) is 9.97 Å². The third-order valence-corrected chi connectivity index (χ3v) is 7.24. The highest BCUT2D eigenvalue weighted by Crippen LogP contribution is 2.35. The molecule has 172 valence electrons. The molecule has 2 aliphatic rings. The van der Waals surface area contributed by atoms with Gasteiger partial charge in [0.25, 0.3) is 0 Å². The van der Waals surface area contributed by atoms with Gasteiger partial charge in [-0.25, -0.2) is 9.97 Å². The fraction of sp³-hybridized carbons (Fsp3) is 0.500. The van der Waals surface area contributed by atoms with E-state index in [1.165, 1.54) is 25.7 Å². The Balaban J connectivity index is 1.41. The van der Waals surface area contributed by atoms with E-state index in [9.17, 15) is 0 Å². The fourth-order valence-electron chi connectivity index (χ4n) is 5.29. The molecule has 3 aromatic heterocycles. The number of benzene rings is 1. The van der Waals surface area contributed by atoms with E-state index < -0.39 is 0 Å². The van der Waals surface area contributed by atoms with Crippen molar-refractivity contribution >= 4 is 39.9 Å². The average molecular weight is 446 g/mol. The van der Waals surface area contributed by atoms with Crippen molar-refractivity contribution in [2.45, 2.75) is 69.5 Å². The van der Waals surface area contributed by atoms with Crippen LogP contribution in [0.25, 0.3) is 22.2 Å². The summed E-state index contributed by atoms with van der Waals surface area (Å²) in [6.45, 7) is 0. The molecule has 0 radical (unpaired) electrons. The van der Waals surface area contributed by atoms with E-state index in [-0.39, 0.29) is 0 Å². The number of imidazole rings is 2. The van der Waals surface area contributed by atoms with Crippen LogP contribution in [-0.2, 0) is 0 Å². The van der Waals surface area contributed by atoms with Crippen LogP contribution in [0.3, 0.4) is 0 Å². The van der Waals surface area contributed by atoms with Crippen LogP contribution in [0.1, 0.15) is 57.4 Å². The second-order valence-electron chi connectivity index (χ2n) is 9.53. The number of hydrogen-bond donors (Lipinski definition) is 3. The number of nitrogens with one attached hydrogen (secondary N) is 2. The summed E-state index contributed by atoms with van der Waals surface area (Å²) in [5.74, 6) is 2.15. The van der Waals surface area contributed by atoms with Crippen molar-refractivity contribution in [3.8, 4) is 0 Å². The molecule has 0 spiro atoms. The number of fused-ring (bicyclic) bond motifs is 2. The Labute approximate surface area is 192 Å². The fourth-order valence-corrected chi connectivity index (χ4v) is 5.29. The monoisotopic (exact) mass is 445 g/mol. The Morgan fingerprint density at radius 1 is 1.03 bits per heavy atom. The predicted molar refractivity (Wildman–Crippen MR) is 131 cm³/mol. The van der Waals surface area contributed by atoms with Gasteiger partial charge in [-0.1, -0.05) is 25.0 Å². The van der Waals surface area contributed by atoms with Gasteiger partial charge in [0, 0.05) is 25.2 Å². The van der Waals surface area contributed by atoms with E-state index >= 15 is 0 Å². The molecule has 9 nitrogen and oxygen atoms in total. The molecule has 0 atom stereocenters. The molecule has 4 aromatic rings. The van der Waals surface area contributed by atoms with Crippen LogP contribution in [0.2, 0.25) is 0 Å². The maximum absolute atomic E-state index is 6.11. The molecule has 0 aliphatic heterocycles. The Morgan fingerprint density at radius 3 is 2.61 bits per heavy atom. The lowest BCUT2D eigenvalue weighted by atomic mass is 9.92. The third kappa shape index (κ3) is 3.80. The highest BCUT2D eigenvalue weighted by Gasteiger charge is 2.25. The summed E-state index contributed by atoms with van der Waals surface area (Å²) in [6, 6.07) is 9.15. The number of rotatable bonds is 5. The first-order valence-corrected chi connectivity index (χ1v) is 12.1. The minimum atomic E-state index is 0.310. The van der Waals surface area contributed by atoms with Gasteiger partial charge in [0.1, 0.15) is 0 Å². The van der Waals surface area contributed by atoms with E-state index in [1.54, 1.807) is 0 Å². The Bertz CT molecular complexity index is 1230. The minimum absolute atomic E-state index is 0.310. The van der Waals surface area contributed by atoms with Crippen molar-refractivity contribution in [3.63, 3.8) is 0 Å². The smallest absolute Gasteiger partial charge is 0.227 e. The lowest BCUT2D eigenvalue weighted by Crippen LogP contribution is -2.33. The summed E-state index contributed by atoms with van der Waals surface area (Å²) in [6.07, 6.45) is 11.0. The Kier molecular flexibility index (Phi) is 5.13. The number of H-pyrrole nitrogens is 1. The van der Waals surface area contributed by atoms with Crippen LogP contribution in [-0.4, -0.2) is 48.6 Å². The average Bonchev–Trinajstić information content (AvgIpc) is 3.58. The molecule has 6 rings (SSSR count). The lowest BCUT2D eigenvalue weighted by Gasteiger charge is -2.27. The molecule has 9 heteroatoms. The topological polar surface area (TPSA) is 114 Å². The van der Waals surface area contributed by atoms with Gasteiger partial charge in [0.15, 0.2) is 17.0 Å². The van der Waals surface area contributed by atoms with Crippen molar-refractivity contribution in [1.82, 2.24) is 29.5 Å². The Hall–Kier alpha value is -3.20. The number of nitrogens with two attached hydrogens (primary N) is 1. The number of hydrogen-bond acceptors (Lipinski definition) is 7. The number of aromatic amines is 1. The summed E-state index contributed by atoms with van der Waals surface area (Å²) >= 11 is 0. The van der Waals surface area contributed by atoms with Gasteiger partial charge in [0.2, 0.25) is 11.9 Å². The molecule has 33 heavy (non-hydrogen) atoms. The maximum atomic E-state index is 6.11. The number of nitrogens with zero attached hydrogens (tertiary/aromatic N) is 6. The molecule has 2 aliphatic carbocycles. The molecule has 3 heterocycles. The largest absolute Gasteiger partial charge is 0.351 e. The second kappa shape index (κ2) is 8.30. The number of para-hydroxylation sites is 2. The summed E-state index contributed by atoms with van der Waals surface area (Å²) in [5, 5.41) is 3.60. The van der Waals surface area contributed by atoms with Gasteiger partial charge in [-0.05, 0) is 50.7 Å². The Morgan fingerprint density at radius 2 is 1.82 bits per heavy atom. The quantitative estimate of drug-likeness (QED) is 0.420. The molecule has 1 aromatic carbocycles. The maximum Gasteiger partial charge on any atom is 0.227 e. The molecule has 0 unspecified atom stereocenters. The molecule has 4 N–H and O–H groups in total. The van der Waals surface area contributed by atoms with Crippen LogP contribution in [0.4, 0.5) is 17.7 Å². The first kappa shape index (κ1) is 20.4. The van der Waals surface area contributed by atoms with E-state index in [1.807, 2.05) is 42.5 Å². The first-order valence-electron chi connectivity index (χ1n) is 12.1. The van der Waals surface area contributed by atoms with E-state index in [2.05, 4.69) is 14.9 Å². The predicted octanol–water partition coefficient (Wildman–Crippen LogP) is 4.27. The molecule has 0 amide bonds. The normalized spacial score (nSPS) is 21.8. The van der Waals surface area contributed by atoms with Crippen molar-refractivity contribution < 1.29 is 0 Å². The molecule has 2 saturated carbocycles. The third-order valence-electron chi connectivity index (χ3n) is 7.24. The van der Waals surface area contributed by atoms with Crippen LogP contribution < -0.4 is 16.0 Å². The van der Waals surface area contributed by atoms with E-state index in [0.29, 0.717) is 24.1 Å². The second-order valence-corrected chi connectivity index (χ2v) is 9.53. The zero-order valence-electron chi connectivity index (χ0n) is 19.0. The summed E-state index contributed by atoms with van der Waals surface area (Å²) in [4.78, 5) is 24.8.